The first-order valence-electron chi connectivity index (χ1n) is 8.36. The van der Waals surface area contributed by atoms with Crippen LogP contribution in [-0.4, -0.2) is 54.1 Å². The normalized spacial score (nSPS) is 14.8. The minimum Gasteiger partial charge on any atom is -0.497 e. The molecule has 0 radical (unpaired) electrons. The zero-order chi connectivity index (χ0) is 18.5. The van der Waals surface area contributed by atoms with Gasteiger partial charge < -0.3 is 19.7 Å². The lowest BCUT2D eigenvalue weighted by molar-refractivity contribution is 0.0717. The summed E-state index contributed by atoms with van der Waals surface area (Å²) in [5.74, 6) is 1.79. The zero-order valence-electron chi connectivity index (χ0n) is 14.7. The summed E-state index contributed by atoms with van der Waals surface area (Å²) < 4.78 is 11.2. The topological polar surface area (TPSA) is 76.6 Å². The molecule has 26 heavy (non-hydrogen) atoms. The van der Waals surface area contributed by atoms with Crippen LogP contribution in [0.4, 0.5) is 5.82 Å². The number of rotatable bonds is 5. The molecule has 2 aromatic rings. The molecule has 7 nitrogen and oxygen atoms in total. The molecule has 1 N–H and O–H groups in total. The van der Waals surface area contributed by atoms with Gasteiger partial charge in [-0.3, -0.25) is 4.79 Å². The van der Waals surface area contributed by atoms with Crippen molar-refractivity contribution in [2.45, 2.75) is 18.9 Å². The average molecular weight is 421 g/mol. The van der Waals surface area contributed by atoms with E-state index in [1.54, 1.807) is 32.7 Å². The molecular weight excluding hydrogens is 400 g/mol. The third-order valence-electron chi connectivity index (χ3n) is 4.38. The van der Waals surface area contributed by atoms with E-state index in [1.165, 1.54) is 0 Å². The number of nitrogens with zero attached hydrogens (tertiary/aromatic N) is 3. The molecule has 1 amide bonds. The number of aromatic nitrogens is 2. The van der Waals surface area contributed by atoms with Gasteiger partial charge in [0.05, 0.1) is 19.8 Å². The molecule has 1 aliphatic rings. The molecule has 0 bridgehead atoms. The van der Waals surface area contributed by atoms with Crippen LogP contribution >= 0.6 is 15.9 Å². The average Bonchev–Trinajstić information content (AvgIpc) is 2.69. The maximum Gasteiger partial charge on any atom is 0.257 e. The maximum absolute atomic E-state index is 12.8. The summed E-state index contributed by atoms with van der Waals surface area (Å²) in [6.07, 6.45) is 4.88. The molecule has 0 saturated carbocycles. The zero-order valence-corrected chi connectivity index (χ0v) is 16.3. The Hall–Kier alpha value is -2.35. The summed E-state index contributed by atoms with van der Waals surface area (Å²) in [5.41, 5.74) is 0.617. The Kier molecular flexibility index (Phi) is 5.92. The third kappa shape index (κ3) is 4.07. The lowest BCUT2D eigenvalue weighted by Gasteiger charge is -2.33. The number of carbonyl (C=O) groups is 1. The molecule has 1 aromatic heterocycles. The van der Waals surface area contributed by atoms with Crippen LogP contribution < -0.4 is 14.8 Å². The van der Waals surface area contributed by atoms with Gasteiger partial charge in [0.2, 0.25) is 0 Å². The smallest absolute Gasteiger partial charge is 0.257 e. The number of halogens is 1. The molecule has 0 unspecified atom stereocenters. The summed E-state index contributed by atoms with van der Waals surface area (Å²) in [7, 11) is 3.16. The summed E-state index contributed by atoms with van der Waals surface area (Å²) >= 11 is 3.45. The predicted octanol–water partition coefficient (Wildman–Crippen LogP) is 2.97. The Morgan fingerprint density at radius 2 is 1.92 bits per heavy atom. The van der Waals surface area contributed by atoms with E-state index in [9.17, 15) is 4.79 Å². The lowest BCUT2D eigenvalue weighted by Crippen LogP contribution is -2.42. The lowest BCUT2D eigenvalue weighted by atomic mass is 10.0. The number of benzene rings is 1. The van der Waals surface area contributed by atoms with Crippen molar-refractivity contribution in [3.63, 3.8) is 0 Å². The molecule has 1 saturated heterocycles. The number of likely N-dealkylation sites (tertiary alicyclic amines) is 1. The van der Waals surface area contributed by atoms with Crippen molar-refractivity contribution in [1.29, 1.82) is 0 Å². The first-order chi connectivity index (χ1) is 12.6. The van der Waals surface area contributed by atoms with Gasteiger partial charge in [0.15, 0.2) is 5.82 Å². The molecule has 0 atom stereocenters. The minimum atomic E-state index is 0.00584. The van der Waals surface area contributed by atoms with Gasteiger partial charge in [-0.15, -0.1) is 0 Å². The van der Waals surface area contributed by atoms with Gasteiger partial charge in [-0.05, 0) is 47.0 Å². The monoisotopic (exact) mass is 420 g/mol. The summed E-state index contributed by atoms with van der Waals surface area (Å²) in [4.78, 5) is 23.1. The molecule has 8 heteroatoms. The summed E-state index contributed by atoms with van der Waals surface area (Å²) in [6, 6.07) is 5.64. The predicted molar refractivity (Wildman–Crippen MR) is 102 cm³/mol. The fraction of sp³-hybridized carbons (Fsp3) is 0.389. The van der Waals surface area contributed by atoms with Gasteiger partial charge in [0.25, 0.3) is 11.8 Å². The van der Waals surface area contributed by atoms with Crippen molar-refractivity contribution in [3.8, 4) is 11.6 Å². The van der Waals surface area contributed by atoms with Gasteiger partial charge in [0, 0.05) is 36.0 Å². The summed E-state index contributed by atoms with van der Waals surface area (Å²) in [6.45, 7) is 1.34. The van der Waals surface area contributed by atoms with Crippen LogP contribution in [-0.2, 0) is 0 Å². The van der Waals surface area contributed by atoms with E-state index in [0.29, 0.717) is 36.1 Å². The van der Waals surface area contributed by atoms with Gasteiger partial charge >= 0.3 is 0 Å². The molecule has 0 aliphatic carbocycles. The number of carbonyl (C=O) groups excluding carboxylic acids is 1. The first-order valence-corrected chi connectivity index (χ1v) is 9.16. The van der Waals surface area contributed by atoms with E-state index in [-0.39, 0.29) is 11.9 Å². The van der Waals surface area contributed by atoms with E-state index in [0.717, 1.165) is 17.3 Å². The van der Waals surface area contributed by atoms with Crippen molar-refractivity contribution in [1.82, 2.24) is 14.9 Å². The Morgan fingerprint density at radius 3 is 2.62 bits per heavy atom. The van der Waals surface area contributed by atoms with E-state index >= 15 is 0 Å². The second-order valence-corrected chi connectivity index (χ2v) is 6.83. The number of ether oxygens (including phenoxy) is 2. The molecule has 1 fully saturated rings. The van der Waals surface area contributed by atoms with Crippen molar-refractivity contribution < 1.29 is 14.3 Å². The number of hydrogen-bond acceptors (Lipinski definition) is 6. The van der Waals surface area contributed by atoms with Gasteiger partial charge in [-0.1, -0.05) is 0 Å². The second-order valence-electron chi connectivity index (χ2n) is 5.97. The van der Waals surface area contributed by atoms with Gasteiger partial charge in [0.1, 0.15) is 5.75 Å². The van der Waals surface area contributed by atoms with E-state index < -0.39 is 0 Å². The quantitative estimate of drug-likeness (QED) is 0.800. The number of amides is 1. The van der Waals surface area contributed by atoms with Crippen LogP contribution in [0.5, 0.6) is 11.6 Å². The number of piperidine rings is 1. The fourth-order valence-electron chi connectivity index (χ4n) is 2.96. The molecular formula is C18H21BrN4O3. The van der Waals surface area contributed by atoms with E-state index in [1.807, 2.05) is 17.0 Å². The Balaban J connectivity index is 1.62. The van der Waals surface area contributed by atoms with Crippen LogP contribution in [0, 0.1) is 0 Å². The molecule has 1 aliphatic heterocycles. The van der Waals surface area contributed by atoms with Crippen LogP contribution in [0.25, 0.3) is 0 Å². The van der Waals surface area contributed by atoms with E-state index in [2.05, 4.69) is 31.2 Å². The highest BCUT2D eigenvalue weighted by atomic mass is 79.9. The number of anilines is 1. The highest BCUT2D eigenvalue weighted by Gasteiger charge is 2.26. The Labute approximate surface area is 160 Å². The van der Waals surface area contributed by atoms with E-state index in [4.69, 9.17) is 9.47 Å². The molecule has 0 spiro atoms. The van der Waals surface area contributed by atoms with Crippen LogP contribution in [0.2, 0.25) is 0 Å². The van der Waals surface area contributed by atoms with Crippen molar-refractivity contribution in [2.24, 2.45) is 0 Å². The maximum atomic E-state index is 12.8. The van der Waals surface area contributed by atoms with Crippen LogP contribution in [0.3, 0.4) is 0 Å². The number of nitrogens with one attached hydrogen (secondary N) is 1. The SMILES string of the molecule is COc1ccc(Br)c(C(=O)N2CCC(Nc3nccnc3OC)CC2)c1. The Bertz CT molecular complexity index is 779. The third-order valence-corrected chi connectivity index (χ3v) is 5.08. The number of hydrogen-bond donors (Lipinski definition) is 1. The second kappa shape index (κ2) is 8.35. The van der Waals surface area contributed by atoms with Crippen molar-refractivity contribution in [3.05, 3.63) is 40.6 Å². The minimum absolute atomic E-state index is 0.00584. The van der Waals surface area contributed by atoms with Gasteiger partial charge in [-0.2, -0.15) is 0 Å². The largest absolute Gasteiger partial charge is 0.497 e. The molecule has 138 valence electrons. The Morgan fingerprint density at radius 1 is 1.19 bits per heavy atom. The summed E-state index contributed by atoms with van der Waals surface area (Å²) in [5, 5.41) is 3.36. The first kappa shape index (κ1) is 18.4. The van der Waals surface area contributed by atoms with Crippen molar-refractivity contribution >= 4 is 27.7 Å². The van der Waals surface area contributed by atoms with Crippen molar-refractivity contribution in [2.75, 3.05) is 32.6 Å². The molecule has 3 rings (SSSR count). The van der Waals surface area contributed by atoms with Crippen LogP contribution in [0.15, 0.2) is 35.1 Å². The highest BCUT2D eigenvalue weighted by molar-refractivity contribution is 9.10. The molecule has 1 aromatic carbocycles. The standard InChI is InChI=1S/C18H21BrN4O3/c1-25-13-3-4-15(19)14(11-13)18(24)23-9-5-12(6-10-23)22-16-17(26-2)21-8-7-20-16/h3-4,7-8,11-12H,5-6,9-10H2,1-2H3,(H,20,22). The van der Waals surface area contributed by atoms with Crippen LogP contribution in [0.1, 0.15) is 23.2 Å². The fourth-order valence-corrected chi connectivity index (χ4v) is 3.38. The molecule has 2 heterocycles. The number of methoxy groups -OCH3 is 2. The highest BCUT2D eigenvalue weighted by Crippen LogP contribution is 2.26. The van der Waals surface area contributed by atoms with Gasteiger partial charge in [-0.25, -0.2) is 9.97 Å².